The summed E-state index contributed by atoms with van der Waals surface area (Å²) in [6.07, 6.45) is 6.83. The van der Waals surface area contributed by atoms with Crippen LogP contribution in [0.4, 0.5) is 0 Å². The molecule has 0 saturated carbocycles. The standard InChI is InChI=1S/C30H32N4S/c1-19(2)17-23-11-9-21(10-12-23)7-8-22-13-15-24(16-14-22)29-28-25-5-4-6-26(25)35-30(28)34-20(3)32-33-27(34)18-31-29/h9-16,19H,4-8,17-18H2,1-3H3. The summed E-state index contributed by atoms with van der Waals surface area (Å²) >= 11 is 1.91. The van der Waals surface area contributed by atoms with Crippen LogP contribution in [-0.2, 0) is 38.6 Å². The van der Waals surface area contributed by atoms with E-state index in [0.717, 1.165) is 43.0 Å². The molecule has 178 valence electrons. The number of thiophene rings is 1. The molecule has 0 radical (unpaired) electrons. The third kappa shape index (κ3) is 4.27. The number of rotatable bonds is 6. The van der Waals surface area contributed by atoms with Crippen LogP contribution in [0.5, 0.6) is 0 Å². The van der Waals surface area contributed by atoms with Gasteiger partial charge < -0.3 is 0 Å². The molecule has 4 aromatic rings. The second kappa shape index (κ2) is 9.19. The van der Waals surface area contributed by atoms with Crippen molar-refractivity contribution in [2.75, 3.05) is 0 Å². The summed E-state index contributed by atoms with van der Waals surface area (Å²) in [5.74, 6) is 2.59. The average Bonchev–Trinajstić information content (AvgIpc) is 3.52. The van der Waals surface area contributed by atoms with Crippen molar-refractivity contribution >= 4 is 17.0 Å². The van der Waals surface area contributed by atoms with E-state index in [4.69, 9.17) is 4.99 Å². The van der Waals surface area contributed by atoms with E-state index < -0.39 is 0 Å². The van der Waals surface area contributed by atoms with E-state index in [-0.39, 0.29) is 0 Å². The van der Waals surface area contributed by atoms with Gasteiger partial charge in [-0.05, 0) is 73.6 Å². The van der Waals surface area contributed by atoms with Crippen molar-refractivity contribution in [3.63, 3.8) is 0 Å². The Labute approximate surface area is 211 Å². The molecule has 2 aromatic heterocycles. The SMILES string of the molecule is Cc1nnc2n1-c1sc3c(c1C(c1ccc(CCc4ccc(CC(C)C)cc4)cc1)=NC2)CCC3. The van der Waals surface area contributed by atoms with Gasteiger partial charge in [0.25, 0.3) is 0 Å². The smallest absolute Gasteiger partial charge is 0.160 e. The van der Waals surface area contributed by atoms with Gasteiger partial charge in [0.05, 0.1) is 5.71 Å². The number of nitrogens with zero attached hydrogens (tertiary/aromatic N) is 4. The maximum atomic E-state index is 5.09. The fraction of sp³-hybridized carbons (Fsp3) is 0.367. The number of hydrogen-bond acceptors (Lipinski definition) is 4. The molecule has 35 heavy (non-hydrogen) atoms. The van der Waals surface area contributed by atoms with E-state index in [1.165, 1.54) is 56.1 Å². The van der Waals surface area contributed by atoms with Gasteiger partial charge in [-0.15, -0.1) is 21.5 Å². The summed E-state index contributed by atoms with van der Waals surface area (Å²) in [5, 5.41) is 10.0. The van der Waals surface area contributed by atoms with Crippen LogP contribution in [0.1, 0.15) is 70.2 Å². The number of aromatic nitrogens is 3. The highest BCUT2D eigenvalue weighted by Gasteiger charge is 2.30. The Balaban J connectivity index is 1.24. The number of aryl methyl sites for hydroxylation is 4. The van der Waals surface area contributed by atoms with Gasteiger partial charge in [-0.3, -0.25) is 9.56 Å². The quantitative estimate of drug-likeness (QED) is 0.318. The molecule has 0 bridgehead atoms. The van der Waals surface area contributed by atoms with Crippen LogP contribution in [-0.4, -0.2) is 20.5 Å². The summed E-state index contributed by atoms with van der Waals surface area (Å²) in [7, 11) is 0. The van der Waals surface area contributed by atoms with Crippen LogP contribution in [0.2, 0.25) is 0 Å². The first-order valence-electron chi connectivity index (χ1n) is 12.8. The molecule has 0 N–H and O–H groups in total. The summed E-state index contributed by atoms with van der Waals surface area (Å²) in [4.78, 5) is 6.60. The second-order valence-corrected chi connectivity index (χ2v) is 11.4. The van der Waals surface area contributed by atoms with E-state index in [0.29, 0.717) is 12.5 Å². The number of benzene rings is 2. The second-order valence-electron chi connectivity index (χ2n) is 10.3. The van der Waals surface area contributed by atoms with Gasteiger partial charge in [0, 0.05) is 16.0 Å². The highest BCUT2D eigenvalue weighted by atomic mass is 32.1. The lowest BCUT2D eigenvalue weighted by molar-refractivity contribution is 0.647. The average molecular weight is 481 g/mol. The van der Waals surface area contributed by atoms with E-state index >= 15 is 0 Å². The molecule has 1 aliphatic heterocycles. The number of aliphatic imine (C=N–C) groups is 1. The van der Waals surface area contributed by atoms with Gasteiger partial charge in [-0.2, -0.15) is 0 Å². The minimum Gasteiger partial charge on any atom is -0.276 e. The van der Waals surface area contributed by atoms with E-state index in [9.17, 15) is 0 Å². The highest BCUT2D eigenvalue weighted by molar-refractivity contribution is 7.15. The first-order chi connectivity index (χ1) is 17.1. The Kier molecular flexibility index (Phi) is 5.89. The zero-order valence-electron chi connectivity index (χ0n) is 20.8. The van der Waals surface area contributed by atoms with Crippen molar-refractivity contribution in [3.05, 3.63) is 98.4 Å². The summed E-state index contributed by atoms with van der Waals surface area (Å²) in [6, 6.07) is 18.3. The predicted octanol–water partition coefficient (Wildman–Crippen LogP) is 6.46. The monoisotopic (exact) mass is 480 g/mol. The lowest BCUT2D eigenvalue weighted by atomic mass is 9.96. The van der Waals surface area contributed by atoms with E-state index in [1.54, 1.807) is 0 Å². The molecule has 0 atom stereocenters. The Morgan fingerprint density at radius 2 is 1.57 bits per heavy atom. The molecule has 0 saturated heterocycles. The minimum absolute atomic E-state index is 0.570. The lowest BCUT2D eigenvalue weighted by Crippen LogP contribution is -2.08. The first-order valence-corrected chi connectivity index (χ1v) is 13.7. The highest BCUT2D eigenvalue weighted by Crippen LogP contribution is 2.41. The normalized spacial score (nSPS) is 14.5. The van der Waals surface area contributed by atoms with Crippen molar-refractivity contribution < 1.29 is 0 Å². The van der Waals surface area contributed by atoms with Gasteiger partial charge >= 0.3 is 0 Å². The molecular weight excluding hydrogens is 448 g/mol. The van der Waals surface area contributed by atoms with E-state index in [1.807, 2.05) is 18.3 Å². The topological polar surface area (TPSA) is 43.1 Å². The Morgan fingerprint density at radius 1 is 0.886 bits per heavy atom. The van der Waals surface area contributed by atoms with Gasteiger partial charge in [0.15, 0.2) is 5.82 Å². The zero-order valence-corrected chi connectivity index (χ0v) is 21.7. The minimum atomic E-state index is 0.570. The molecule has 4 nitrogen and oxygen atoms in total. The van der Waals surface area contributed by atoms with Gasteiger partial charge in [-0.1, -0.05) is 62.4 Å². The van der Waals surface area contributed by atoms with Crippen molar-refractivity contribution in [2.24, 2.45) is 10.9 Å². The number of hydrogen-bond donors (Lipinski definition) is 0. The molecular formula is C30H32N4S. The summed E-state index contributed by atoms with van der Waals surface area (Å²) in [6.45, 7) is 7.17. The Hall–Kier alpha value is -3.05. The summed E-state index contributed by atoms with van der Waals surface area (Å²) < 4.78 is 2.23. The maximum Gasteiger partial charge on any atom is 0.160 e. The van der Waals surface area contributed by atoms with E-state index in [2.05, 4.69) is 77.1 Å². The molecule has 0 spiro atoms. The van der Waals surface area contributed by atoms with Gasteiger partial charge in [0.2, 0.25) is 0 Å². The van der Waals surface area contributed by atoms with Crippen LogP contribution in [0.3, 0.4) is 0 Å². The van der Waals surface area contributed by atoms with Crippen LogP contribution in [0.25, 0.3) is 5.00 Å². The number of fused-ring (bicyclic) bond motifs is 5. The first kappa shape index (κ1) is 22.4. The van der Waals surface area contributed by atoms with Crippen LogP contribution >= 0.6 is 11.3 Å². The van der Waals surface area contributed by atoms with Gasteiger partial charge in [0.1, 0.15) is 17.4 Å². The molecule has 0 amide bonds. The molecule has 3 heterocycles. The molecule has 5 heteroatoms. The molecule has 2 aromatic carbocycles. The van der Waals surface area contributed by atoms with Crippen molar-refractivity contribution in [1.29, 1.82) is 0 Å². The molecule has 6 rings (SSSR count). The van der Waals surface area contributed by atoms with Crippen molar-refractivity contribution in [3.8, 4) is 5.00 Å². The fourth-order valence-corrected chi connectivity index (χ4v) is 6.92. The van der Waals surface area contributed by atoms with Crippen LogP contribution < -0.4 is 0 Å². The third-order valence-electron chi connectivity index (χ3n) is 7.21. The maximum absolute atomic E-state index is 5.09. The third-order valence-corrected chi connectivity index (χ3v) is 8.49. The molecule has 2 aliphatic rings. The predicted molar refractivity (Wildman–Crippen MR) is 144 cm³/mol. The molecule has 0 fully saturated rings. The van der Waals surface area contributed by atoms with Crippen molar-refractivity contribution in [2.45, 2.75) is 65.8 Å². The molecule has 0 unspecified atom stereocenters. The Bertz CT molecular complexity index is 1390. The Morgan fingerprint density at radius 3 is 2.29 bits per heavy atom. The van der Waals surface area contributed by atoms with Crippen LogP contribution in [0.15, 0.2) is 53.5 Å². The summed E-state index contributed by atoms with van der Waals surface area (Å²) in [5.41, 5.74) is 9.36. The fourth-order valence-electron chi connectivity index (χ4n) is 5.46. The zero-order chi connectivity index (χ0) is 23.9. The van der Waals surface area contributed by atoms with Crippen LogP contribution in [0, 0.1) is 12.8 Å². The molecule has 1 aliphatic carbocycles. The lowest BCUT2D eigenvalue weighted by Gasteiger charge is -2.11. The largest absolute Gasteiger partial charge is 0.276 e. The van der Waals surface area contributed by atoms with Crippen molar-refractivity contribution in [1.82, 2.24) is 14.8 Å². The van der Waals surface area contributed by atoms with Gasteiger partial charge in [-0.25, -0.2) is 0 Å².